The Kier molecular flexibility index (Phi) is 7.06. The fourth-order valence-electron chi connectivity index (χ4n) is 3.57. The van der Waals surface area contributed by atoms with Crippen LogP contribution in [0.4, 0.5) is 23.1 Å². The first-order chi connectivity index (χ1) is 17.0. The number of hydrogen-bond donors (Lipinski definition) is 1. The number of benzene rings is 2. The van der Waals surface area contributed by atoms with Gasteiger partial charge in [0.15, 0.2) is 11.5 Å². The summed E-state index contributed by atoms with van der Waals surface area (Å²) in [6, 6.07) is 16.2. The maximum atomic E-state index is 13.1. The molecular formula is C26H25N5O4. The molecule has 178 valence electrons. The molecule has 0 atom stereocenters. The van der Waals surface area contributed by atoms with Crippen molar-refractivity contribution in [2.75, 3.05) is 31.5 Å². The van der Waals surface area contributed by atoms with Gasteiger partial charge in [0.05, 0.1) is 27.0 Å². The van der Waals surface area contributed by atoms with E-state index in [1.165, 1.54) is 21.3 Å². The van der Waals surface area contributed by atoms with Gasteiger partial charge in [-0.2, -0.15) is 0 Å². The Hall–Kier alpha value is -4.66. The van der Waals surface area contributed by atoms with Crippen molar-refractivity contribution in [1.82, 2.24) is 15.0 Å². The predicted octanol–water partition coefficient (Wildman–Crippen LogP) is 4.93. The van der Waals surface area contributed by atoms with Gasteiger partial charge in [-0.1, -0.05) is 12.1 Å². The normalized spacial score (nSPS) is 10.4. The van der Waals surface area contributed by atoms with Crippen LogP contribution in [0, 0.1) is 6.92 Å². The molecule has 0 aliphatic carbocycles. The molecule has 0 saturated carbocycles. The zero-order chi connectivity index (χ0) is 24.8. The summed E-state index contributed by atoms with van der Waals surface area (Å²) in [6.07, 6.45) is 5.05. The first-order valence-electron chi connectivity index (χ1n) is 10.8. The zero-order valence-corrected chi connectivity index (χ0v) is 19.9. The minimum atomic E-state index is -0.334. The van der Waals surface area contributed by atoms with E-state index in [1.807, 2.05) is 48.2 Å². The minimum absolute atomic E-state index is 0.334. The number of pyridine rings is 1. The van der Waals surface area contributed by atoms with Gasteiger partial charge in [0, 0.05) is 29.8 Å². The highest BCUT2D eigenvalue weighted by Crippen LogP contribution is 2.39. The second kappa shape index (κ2) is 10.5. The number of nitrogens with zero attached hydrogens (tertiary/aromatic N) is 4. The molecule has 2 heterocycles. The Bertz CT molecular complexity index is 1250. The van der Waals surface area contributed by atoms with Gasteiger partial charge in [0.2, 0.25) is 11.7 Å². The Morgan fingerprint density at radius 2 is 1.51 bits per heavy atom. The Labute approximate surface area is 203 Å². The largest absolute Gasteiger partial charge is 0.493 e. The summed E-state index contributed by atoms with van der Waals surface area (Å²) in [7, 11) is 4.52. The van der Waals surface area contributed by atoms with Crippen LogP contribution < -0.4 is 24.4 Å². The van der Waals surface area contributed by atoms with Crippen LogP contribution in [0.2, 0.25) is 0 Å². The maximum absolute atomic E-state index is 13.1. The molecule has 2 aromatic carbocycles. The third-order valence-corrected chi connectivity index (χ3v) is 5.27. The smallest absolute Gasteiger partial charge is 0.255 e. The molecule has 35 heavy (non-hydrogen) atoms. The predicted molar refractivity (Wildman–Crippen MR) is 133 cm³/mol. The second-order valence-electron chi connectivity index (χ2n) is 7.44. The lowest BCUT2D eigenvalue weighted by Crippen LogP contribution is -2.17. The number of rotatable bonds is 8. The molecule has 9 nitrogen and oxygen atoms in total. The molecule has 0 aliphatic rings. The molecule has 4 rings (SSSR count). The van der Waals surface area contributed by atoms with Crippen LogP contribution in [0.15, 0.2) is 73.2 Å². The van der Waals surface area contributed by atoms with Crippen LogP contribution in [-0.4, -0.2) is 42.2 Å². The first-order valence-corrected chi connectivity index (χ1v) is 10.8. The van der Waals surface area contributed by atoms with Gasteiger partial charge in [-0.3, -0.25) is 9.69 Å². The van der Waals surface area contributed by atoms with Crippen LogP contribution in [0.3, 0.4) is 0 Å². The van der Waals surface area contributed by atoms with Gasteiger partial charge in [-0.15, -0.1) is 0 Å². The van der Waals surface area contributed by atoms with Crippen molar-refractivity contribution >= 4 is 29.0 Å². The molecule has 9 heteroatoms. The monoisotopic (exact) mass is 471 g/mol. The number of ether oxygens (including phenoxy) is 3. The molecular weight excluding hydrogens is 446 g/mol. The number of aromatic nitrogens is 3. The van der Waals surface area contributed by atoms with E-state index in [0.29, 0.717) is 40.3 Å². The highest BCUT2D eigenvalue weighted by atomic mass is 16.5. The Morgan fingerprint density at radius 3 is 2.11 bits per heavy atom. The van der Waals surface area contributed by atoms with Crippen LogP contribution in [-0.2, 0) is 0 Å². The molecule has 0 bridgehead atoms. The van der Waals surface area contributed by atoms with E-state index in [2.05, 4.69) is 20.3 Å². The van der Waals surface area contributed by atoms with Gasteiger partial charge < -0.3 is 19.5 Å². The van der Waals surface area contributed by atoms with Gasteiger partial charge in [0.25, 0.3) is 5.91 Å². The quantitative estimate of drug-likeness (QED) is 0.386. The molecule has 0 radical (unpaired) electrons. The van der Waals surface area contributed by atoms with Crippen LogP contribution in [0.25, 0.3) is 0 Å². The average Bonchev–Trinajstić information content (AvgIpc) is 2.90. The number of amides is 1. The molecule has 4 aromatic rings. The van der Waals surface area contributed by atoms with Crippen molar-refractivity contribution in [1.29, 1.82) is 0 Å². The number of hydrogen-bond acceptors (Lipinski definition) is 8. The number of methoxy groups -OCH3 is 3. The van der Waals surface area contributed by atoms with Gasteiger partial charge >= 0.3 is 0 Å². The van der Waals surface area contributed by atoms with Gasteiger partial charge in [-0.25, -0.2) is 15.0 Å². The molecule has 0 saturated heterocycles. The minimum Gasteiger partial charge on any atom is -0.493 e. The lowest BCUT2D eigenvalue weighted by atomic mass is 10.1. The van der Waals surface area contributed by atoms with E-state index in [-0.39, 0.29) is 5.91 Å². The van der Waals surface area contributed by atoms with Crippen LogP contribution >= 0.6 is 0 Å². The summed E-state index contributed by atoms with van der Waals surface area (Å²) in [4.78, 5) is 28.3. The maximum Gasteiger partial charge on any atom is 0.255 e. The van der Waals surface area contributed by atoms with Crippen molar-refractivity contribution in [3.8, 4) is 17.2 Å². The first kappa shape index (κ1) is 23.5. The molecule has 2 aromatic heterocycles. The number of nitrogens with one attached hydrogen (secondary N) is 1. The van der Waals surface area contributed by atoms with Crippen molar-refractivity contribution in [3.05, 3.63) is 84.3 Å². The van der Waals surface area contributed by atoms with E-state index in [9.17, 15) is 4.79 Å². The summed E-state index contributed by atoms with van der Waals surface area (Å²) in [6.45, 7) is 1.97. The summed E-state index contributed by atoms with van der Waals surface area (Å²) >= 11 is 0. The number of carbonyl (C=O) groups is 1. The Morgan fingerprint density at radius 1 is 0.829 bits per heavy atom. The van der Waals surface area contributed by atoms with Crippen molar-refractivity contribution in [2.24, 2.45) is 0 Å². The lowest BCUT2D eigenvalue weighted by Gasteiger charge is -2.24. The van der Waals surface area contributed by atoms with E-state index in [4.69, 9.17) is 14.2 Å². The fraction of sp³-hybridized carbons (Fsp3) is 0.154. The highest BCUT2D eigenvalue weighted by molar-refractivity contribution is 6.05. The van der Waals surface area contributed by atoms with E-state index < -0.39 is 0 Å². The second-order valence-corrected chi connectivity index (χ2v) is 7.44. The third kappa shape index (κ3) is 4.98. The molecule has 1 amide bonds. The van der Waals surface area contributed by atoms with Gasteiger partial charge in [-0.05, 0) is 55.0 Å². The van der Waals surface area contributed by atoms with E-state index in [1.54, 1.807) is 36.8 Å². The Balaban J connectivity index is 1.71. The summed E-state index contributed by atoms with van der Waals surface area (Å²) in [5, 5.41) is 2.94. The van der Waals surface area contributed by atoms with Crippen molar-refractivity contribution in [2.45, 2.75) is 6.92 Å². The van der Waals surface area contributed by atoms with Crippen LogP contribution in [0.1, 0.15) is 15.9 Å². The van der Waals surface area contributed by atoms with Crippen molar-refractivity contribution < 1.29 is 19.0 Å². The summed E-state index contributed by atoms with van der Waals surface area (Å²) < 4.78 is 16.1. The topological polar surface area (TPSA) is 98.7 Å². The summed E-state index contributed by atoms with van der Waals surface area (Å²) in [5.74, 6) is 1.98. The zero-order valence-electron chi connectivity index (χ0n) is 19.9. The molecule has 0 fully saturated rings. The number of aryl methyl sites for hydroxylation is 1. The standard InChI is InChI=1S/C26H25N5O4/c1-17-9-10-19(30-25(32)18-14-21(33-2)24(35-4)22(15-18)34-3)16-20(17)31(23-8-5-6-11-27-23)26-28-12-7-13-29-26/h5-16H,1-4H3,(H,30,32). The van der Waals surface area contributed by atoms with Crippen LogP contribution in [0.5, 0.6) is 17.2 Å². The van der Waals surface area contributed by atoms with Crippen molar-refractivity contribution in [3.63, 3.8) is 0 Å². The SMILES string of the molecule is COc1cc(C(=O)Nc2ccc(C)c(N(c3ccccn3)c3ncccn3)c2)cc(OC)c1OC. The van der Waals surface area contributed by atoms with E-state index >= 15 is 0 Å². The number of carbonyl (C=O) groups excluding carboxylic acids is 1. The molecule has 0 unspecified atom stereocenters. The molecule has 0 spiro atoms. The lowest BCUT2D eigenvalue weighted by molar-refractivity contribution is 0.102. The van der Waals surface area contributed by atoms with Gasteiger partial charge in [0.1, 0.15) is 5.82 Å². The molecule has 1 N–H and O–H groups in total. The van der Waals surface area contributed by atoms with E-state index in [0.717, 1.165) is 11.3 Å². The average molecular weight is 472 g/mol. The highest BCUT2D eigenvalue weighted by Gasteiger charge is 2.20. The fourth-order valence-corrected chi connectivity index (χ4v) is 3.57. The molecule has 0 aliphatic heterocycles. The summed E-state index contributed by atoms with van der Waals surface area (Å²) in [5.41, 5.74) is 2.67. The third-order valence-electron chi connectivity index (χ3n) is 5.27. The number of anilines is 4.